The summed E-state index contributed by atoms with van der Waals surface area (Å²) >= 11 is 11.3. The second-order valence-corrected chi connectivity index (χ2v) is 9.73. The second kappa shape index (κ2) is 8.77. The molecule has 1 aliphatic rings. The highest BCUT2D eigenvalue weighted by Crippen LogP contribution is 2.41. The minimum absolute atomic E-state index is 0.404. The molecule has 0 amide bonds. The maximum absolute atomic E-state index is 6.30. The zero-order chi connectivity index (χ0) is 22.2. The molecule has 0 fully saturated rings. The summed E-state index contributed by atoms with van der Waals surface area (Å²) in [6, 6.07) is 15.5. The lowest BCUT2D eigenvalue weighted by molar-refractivity contribution is 0.196. The van der Waals surface area contributed by atoms with Crippen LogP contribution in [0, 0.1) is 6.92 Å². The first-order valence-electron chi connectivity index (χ1n) is 9.98. The average molecular weight is 530 g/mol. The summed E-state index contributed by atoms with van der Waals surface area (Å²) in [6.45, 7) is 4.01. The van der Waals surface area contributed by atoms with Gasteiger partial charge in [0.05, 0.1) is 0 Å². The molecule has 6 nitrogen and oxygen atoms in total. The number of benzene rings is 2. The Hall–Kier alpha value is -2.55. The highest BCUT2D eigenvalue weighted by atomic mass is 79.9. The van der Waals surface area contributed by atoms with E-state index in [0.717, 1.165) is 32.6 Å². The zero-order valence-electron chi connectivity index (χ0n) is 17.2. The van der Waals surface area contributed by atoms with Gasteiger partial charge in [-0.3, -0.25) is 0 Å². The van der Waals surface area contributed by atoms with Crippen molar-refractivity contribution in [1.29, 1.82) is 0 Å². The molecule has 1 atom stereocenters. The summed E-state index contributed by atoms with van der Waals surface area (Å²) in [7, 11) is 0. The second-order valence-electron chi connectivity index (χ2n) is 7.18. The predicted octanol–water partition coefficient (Wildman–Crippen LogP) is 7.14. The molecule has 1 N–H and O–H groups in total. The largest absolute Gasteiger partial charge is 0.455 e. The Morgan fingerprint density at radius 3 is 2.81 bits per heavy atom. The SMILES string of the molecule is CCSc1nnc2c(n1)OC(c1ccc(-c3ccc(C)c(Cl)c3)o1)Nc1ccc(Br)cc1-2. The number of aryl methyl sites for hydroxylation is 1. The number of furan rings is 1. The van der Waals surface area contributed by atoms with Gasteiger partial charge in [-0.25, -0.2) is 0 Å². The summed E-state index contributed by atoms with van der Waals surface area (Å²) in [6.07, 6.45) is -0.595. The first-order valence-corrected chi connectivity index (χ1v) is 12.1. The number of aromatic nitrogens is 3. The van der Waals surface area contributed by atoms with Gasteiger partial charge in [-0.1, -0.05) is 58.3 Å². The van der Waals surface area contributed by atoms with Crippen LogP contribution in [0.25, 0.3) is 22.6 Å². The van der Waals surface area contributed by atoms with Gasteiger partial charge in [0.1, 0.15) is 5.76 Å². The number of anilines is 1. The Balaban J connectivity index is 1.56. The molecule has 1 unspecified atom stereocenters. The molecule has 2 aromatic heterocycles. The molecule has 0 bridgehead atoms. The van der Waals surface area contributed by atoms with Crippen LogP contribution >= 0.6 is 39.3 Å². The number of rotatable bonds is 4. The summed E-state index contributed by atoms with van der Waals surface area (Å²) < 4.78 is 13.4. The van der Waals surface area contributed by atoms with Crippen molar-refractivity contribution in [3.05, 3.63) is 69.3 Å². The Morgan fingerprint density at radius 2 is 2.00 bits per heavy atom. The van der Waals surface area contributed by atoms with Crippen molar-refractivity contribution in [2.75, 3.05) is 11.1 Å². The molecule has 4 aromatic rings. The fourth-order valence-corrected chi connectivity index (χ4v) is 4.43. The average Bonchev–Trinajstić information content (AvgIpc) is 3.21. The Labute approximate surface area is 202 Å². The van der Waals surface area contributed by atoms with Gasteiger partial charge in [0, 0.05) is 26.3 Å². The van der Waals surface area contributed by atoms with Crippen molar-refractivity contribution in [3.8, 4) is 28.5 Å². The van der Waals surface area contributed by atoms with E-state index in [-0.39, 0.29) is 0 Å². The number of nitrogens with one attached hydrogen (secondary N) is 1. The van der Waals surface area contributed by atoms with Crippen LogP contribution in [0.5, 0.6) is 5.88 Å². The normalized spacial score (nSPS) is 14.7. The van der Waals surface area contributed by atoms with Crippen molar-refractivity contribution in [1.82, 2.24) is 15.2 Å². The van der Waals surface area contributed by atoms with Crippen molar-refractivity contribution >= 4 is 45.0 Å². The van der Waals surface area contributed by atoms with E-state index in [1.807, 2.05) is 62.4 Å². The van der Waals surface area contributed by atoms with Gasteiger partial charge in [0.25, 0.3) is 0 Å². The number of fused-ring (bicyclic) bond motifs is 3. The first kappa shape index (κ1) is 21.3. The number of nitrogens with zero attached hydrogens (tertiary/aromatic N) is 3. The highest BCUT2D eigenvalue weighted by Gasteiger charge is 2.28. The van der Waals surface area contributed by atoms with Gasteiger partial charge in [0.2, 0.25) is 17.3 Å². The Morgan fingerprint density at radius 1 is 1.12 bits per heavy atom. The predicted molar refractivity (Wildman–Crippen MR) is 130 cm³/mol. The highest BCUT2D eigenvalue weighted by molar-refractivity contribution is 9.10. The monoisotopic (exact) mass is 528 g/mol. The van der Waals surface area contributed by atoms with Crippen LogP contribution in [0.15, 0.2) is 62.6 Å². The van der Waals surface area contributed by atoms with Crippen LogP contribution in [0.4, 0.5) is 5.69 Å². The maximum Gasteiger partial charge on any atom is 0.247 e. The van der Waals surface area contributed by atoms with E-state index in [4.69, 9.17) is 20.8 Å². The fourth-order valence-electron chi connectivity index (χ4n) is 3.38. The van der Waals surface area contributed by atoms with Gasteiger partial charge in [0.15, 0.2) is 11.5 Å². The molecule has 2 aromatic carbocycles. The van der Waals surface area contributed by atoms with Crippen molar-refractivity contribution in [3.63, 3.8) is 0 Å². The lowest BCUT2D eigenvalue weighted by Gasteiger charge is -2.16. The third kappa shape index (κ3) is 4.10. The third-order valence-corrected chi connectivity index (χ3v) is 6.62. The molecule has 5 rings (SSSR count). The van der Waals surface area contributed by atoms with E-state index in [0.29, 0.717) is 33.3 Å². The number of halogens is 2. The first-order chi connectivity index (χ1) is 15.5. The van der Waals surface area contributed by atoms with Crippen molar-refractivity contribution < 1.29 is 9.15 Å². The number of hydrogen-bond donors (Lipinski definition) is 1. The lowest BCUT2D eigenvalue weighted by atomic mass is 10.1. The standard InChI is InChI=1S/C23H18BrClN4O2S/c1-3-32-23-27-22-20(28-29-23)15-11-14(24)6-7-17(15)26-21(31-22)19-9-8-18(30-19)13-5-4-12(2)16(25)10-13/h4-11,21,26H,3H2,1-2H3. The maximum atomic E-state index is 6.30. The van der Waals surface area contributed by atoms with Gasteiger partial charge < -0.3 is 14.5 Å². The quantitative estimate of drug-likeness (QED) is 0.282. The van der Waals surface area contributed by atoms with Crippen LogP contribution in [0.3, 0.4) is 0 Å². The molecule has 0 radical (unpaired) electrons. The van der Waals surface area contributed by atoms with E-state index in [1.54, 1.807) is 0 Å². The Bertz CT molecular complexity index is 1310. The van der Waals surface area contributed by atoms with Crippen LogP contribution in [-0.4, -0.2) is 20.9 Å². The molecule has 1 aliphatic heterocycles. The lowest BCUT2D eigenvalue weighted by Crippen LogP contribution is -2.16. The number of ether oxygens (including phenoxy) is 1. The van der Waals surface area contributed by atoms with E-state index in [2.05, 4.69) is 36.4 Å². The van der Waals surface area contributed by atoms with E-state index in [1.165, 1.54) is 11.8 Å². The Kier molecular flexibility index (Phi) is 5.84. The molecule has 162 valence electrons. The van der Waals surface area contributed by atoms with Gasteiger partial charge in [-0.15, -0.1) is 10.2 Å². The van der Waals surface area contributed by atoms with Gasteiger partial charge >= 0.3 is 0 Å². The van der Waals surface area contributed by atoms with Crippen LogP contribution in [0.2, 0.25) is 5.02 Å². The summed E-state index contributed by atoms with van der Waals surface area (Å²) in [5, 5.41) is 13.3. The molecule has 32 heavy (non-hydrogen) atoms. The molecule has 9 heteroatoms. The summed E-state index contributed by atoms with van der Waals surface area (Å²) in [5.41, 5.74) is 4.19. The molecule has 3 heterocycles. The van der Waals surface area contributed by atoms with Crippen LogP contribution < -0.4 is 10.1 Å². The van der Waals surface area contributed by atoms with Crippen LogP contribution in [-0.2, 0) is 0 Å². The minimum atomic E-state index is -0.595. The van der Waals surface area contributed by atoms with Crippen molar-refractivity contribution in [2.24, 2.45) is 0 Å². The van der Waals surface area contributed by atoms with E-state index in [9.17, 15) is 0 Å². The van der Waals surface area contributed by atoms with Crippen molar-refractivity contribution in [2.45, 2.75) is 25.2 Å². The van der Waals surface area contributed by atoms with Gasteiger partial charge in [-0.2, -0.15) is 4.98 Å². The summed E-state index contributed by atoms with van der Waals surface area (Å²) in [5.74, 6) is 2.56. The summed E-state index contributed by atoms with van der Waals surface area (Å²) in [4.78, 5) is 4.61. The van der Waals surface area contributed by atoms with Gasteiger partial charge in [-0.05, 0) is 54.6 Å². The molecule has 0 saturated carbocycles. The molecular formula is C23H18BrClN4O2S. The van der Waals surface area contributed by atoms with E-state index >= 15 is 0 Å². The topological polar surface area (TPSA) is 73.1 Å². The van der Waals surface area contributed by atoms with Crippen LogP contribution in [0.1, 0.15) is 24.5 Å². The number of thioether (sulfide) groups is 1. The molecule has 0 spiro atoms. The zero-order valence-corrected chi connectivity index (χ0v) is 20.4. The minimum Gasteiger partial charge on any atom is -0.455 e. The molecular weight excluding hydrogens is 512 g/mol. The smallest absolute Gasteiger partial charge is 0.247 e. The molecule has 0 saturated heterocycles. The third-order valence-electron chi connectivity index (χ3n) is 5.00. The number of hydrogen-bond acceptors (Lipinski definition) is 7. The molecule has 0 aliphatic carbocycles. The fraction of sp³-hybridized carbons (Fsp3) is 0.174. The van der Waals surface area contributed by atoms with E-state index < -0.39 is 6.23 Å².